The molecule has 1 aliphatic heterocycles. The van der Waals surface area contributed by atoms with Crippen LogP contribution in [-0.4, -0.2) is 25.7 Å². The minimum absolute atomic E-state index is 0.461. The Kier molecular flexibility index (Phi) is 6.65. The smallest absolute Gasteiger partial charge is 0.188 e. The number of nitrogens with two attached hydrogens (primary N) is 1. The van der Waals surface area contributed by atoms with Gasteiger partial charge >= 0.3 is 0 Å². The summed E-state index contributed by atoms with van der Waals surface area (Å²) in [5.41, 5.74) is 6.81. The predicted octanol–water partition coefficient (Wildman–Crippen LogP) is 3.10. The molecule has 0 saturated heterocycles. The average molecular weight is 326 g/mol. The van der Waals surface area contributed by atoms with Gasteiger partial charge in [-0.05, 0) is 24.1 Å². The van der Waals surface area contributed by atoms with Crippen molar-refractivity contribution in [3.63, 3.8) is 0 Å². The Bertz CT molecular complexity index is 520. The highest BCUT2D eigenvalue weighted by atomic mass is 35.5. The first-order valence-electron chi connectivity index (χ1n) is 7.82. The molecule has 0 saturated carbocycles. The molecule has 22 heavy (non-hydrogen) atoms. The van der Waals surface area contributed by atoms with Crippen LogP contribution >= 0.6 is 11.6 Å². The first-order valence-corrected chi connectivity index (χ1v) is 8.20. The van der Waals surface area contributed by atoms with Crippen LogP contribution in [0.4, 0.5) is 0 Å². The number of fused-ring (bicyclic) bond motifs is 1. The van der Waals surface area contributed by atoms with E-state index in [0.717, 1.165) is 18.5 Å². The van der Waals surface area contributed by atoms with Crippen LogP contribution in [0.25, 0.3) is 0 Å². The number of guanidine groups is 1. The highest BCUT2D eigenvalue weighted by molar-refractivity contribution is 6.32. The summed E-state index contributed by atoms with van der Waals surface area (Å²) in [5.74, 6) is 1.75. The number of halogens is 1. The van der Waals surface area contributed by atoms with Crippen LogP contribution in [-0.2, 0) is 6.54 Å². The van der Waals surface area contributed by atoms with E-state index < -0.39 is 0 Å². The van der Waals surface area contributed by atoms with Crippen LogP contribution in [0.1, 0.15) is 38.2 Å². The van der Waals surface area contributed by atoms with E-state index in [-0.39, 0.29) is 0 Å². The standard InChI is InChI=1S/C16H24ClN3O2/c1-2-3-4-5-6-19-16(18)20-11-12-9-13(17)15-14(10-12)21-7-8-22-15/h9-10H,2-8,11H2,1H3,(H3,18,19,20). The number of hydrogen-bond acceptors (Lipinski definition) is 3. The van der Waals surface area contributed by atoms with Crippen LogP contribution in [0.15, 0.2) is 17.1 Å². The van der Waals surface area contributed by atoms with Gasteiger partial charge in [0.1, 0.15) is 13.2 Å². The molecular formula is C16H24ClN3O2. The van der Waals surface area contributed by atoms with E-state index in [9.17, 15) is 0 Å². The van der Waals surface area contributed by atoms with E-state index in [0.29, 0.717) is 42.2 Å². The molecule has 0 radical (unpaired) electrons. The Morgan fingerprint density at radius 2 is 2.09 bits per heavy atom. The van der Waals surface area contributed by atoms with E-state index in [1.54, 1.807) is 0 Å². The predicted molar refractivity (Wildman–Crippen MR) is 89.9 cm³/mol. The number of aliphatic imine (C=N–C) groups is 1. The number of unbranched alkanes of at least 4 members (excludes halogenated alkanes) is 3. The molecule has 3 N–H and O–H groups in total. The van der Waals surface area contributed by atoms with Crippen LogP contribution in [0.2, 0.25) is 5.02 Å². The van der Waals surface area contributed by atoms with E-state index in [2.05, 4.69) is 17.2 Å². The van der Waals surface area contributed by atoms with Gasteiger partial charge in [0, 0.05) is 6.54 Å². The van der Waals surface area contributed by atoms with Crippen molar-refractivity contribution in [1.82, 2.24) is 5.32 Å². The van der Waals surface area contributed by atoms with Gasteiger partial charge in [0.15, 0.2) is 17.5 Å². The fraction of sp³-hybridized carbons (Fsp3) is 0.562. The number of nitrogens with one attached hydrogen (secondary N) is 1. The van der Waals surface area contributed by atoms with Crippen LogP contribution in [0, 0.1) is 0 Å². The summed E-state index contributed by atoms with van der Waals surface area (Å²) in [6, 6.07) is 3.74. The second-order valence-electron chi connectivity index (χ2n) is 5.29. The Hall–Kier alpha value is -1.62. The van der Waals surface area contributed by atoms with E-state index in [1.807, 2.05) is 12.1 Å². The summed E-state index contributed by atoms with van der Waals surface area (Å²) in [7, 11) is 0. The summed E-state index contributed by atoms with van der Waals surface area (Å²) in [4.78, 5) is 4.33. The van der Waals surface area contributed by atoms with Gasteiger partial charge in [0.25, 0.3) is 0 Å². The Morgan fingerprint density at radius 3 is 2.91 bits per heavy atom. The summed E-state index contributed by atoms with van der Waals surface area (Å²) in [5, 5.41) is 3.68. The largest absolute Gasteiger partial charge is 0.486 e. The number of ether oxygens (including phenoxy) is 2. The van der Waals surface area contributed by atoms with Crippen molar-refractivity contribution in [2.75, 3.05) is 19.8 Å². The number of nitrogens with zero attached hydrogens (tertiary/aromatic N) is 1. The van der Waals surface area contributed by atoms with Crippen LogP contribution in [0.5, 0.6) is 11.5 Å². The number of benzene rings is 1. The fourth-order valence-electron chi connectivity index (χ4n) is 2.26. The Labute approximate surface area is 136 Å². The molecule has 0 spiro atoms. The zero-order valence-electron chi connectivity index (χ0n) is 13.0. The van der Waals surface area contributed by atoms with Gasteiger partial charge in [-0.2, -0.15) is 0 Å². The summed E-state index contributed by atoms with van der Waals surface area (Å²) in [6.07, 6.45) is 4.82. The molecule has 1 aromatic rings. The molecule has 1 aromatic carbocycles. The molecule has 6 heteroatoms. The molecule has 1 heterocycles. The summed E-state index contributed by atoms with van der Waals surface area (Å²) < 4.78 is 11.0. The highest BCUT2D eigenvalue weighted by Crippen LogP contribution is 2.38. The highest BCUT2D eigenvalue weighted by Gasteiger charge is 2.16. The third-order valence-corrected chi connectivity index (χ3v) is 3.71. The molecule has 0 atom stereocenters. The molecule has 2 rings (SSSR count). The molecule has 0 aliphatic carbocycles. The van der Waals surface area contributed by atoms with Crippen molar-refractivity contribution in [1.29, 1.82) is 0 Å². The van der Waals surface area contributed by atoms with Gasteiger partial charge in [0.05, 0.1) is 11.6 Å². The fourth-order valence-corrected chi connectivity index (χ4v) is 2.54. The lowest BCUT2D eigenvalue weighted by atomic mass is 10.2. The zero-order chi connectivity index (χ0) is 15.8. The van der Waals surface area contributed by atoms with Crippen molar-refractivity contribution >= 4 is 17.6 Å². The monoisotopic (exact) mass is 325 g/mol. The second-order valence-corrected chi connectivity index (χ2v) is 5.70. The summed E-state index contributed by atoms with van der Waals surface area (Å²) in [6.45, 7) is 4.58. The number of rotatable bonds is 7. The molecule has 0 amide bonds. The lowest BCUT2D eigenvalue weighted by molar-refractivity contribution is 0.171. The first-order chi connectivity index (χ1) is 10.7. The molecule has 0 aromatic heterocycles. The van der Waals surface area contributed by atoms with Gasteiger partial charge in [-0.15, -0.1) is 0 Å². The van der Waals surface area contributed by atoms with Crippen molar-refractivity contribution in [3.05, 3.63) is 22.7 Å². The number of hydrogen-bond donors (Lipinski definition) is 2. The molecule has 1 aliphatic rings. The lowest BCUT2D eigenvalue weighted by Crippen LogP contribution is -2.32. The summed E-state index contributed by atoms with van der Waals surface area (Å²) >= 11 is 6.19. The van der Waals surface area contributed by atoms with E-state index in [4.69, 9.17) is 26.8 Å². The van der Waals surface area contributed by atoms with Gasteiger partial charge in [0.2, 0.25) is 0 Å². The maximum atomic E-state index is 6.19. The molecule has 0 unspecified atom stereocenters. The average Bonchev–Trinajstić information content (AvgIpc) is 2.53. The van der Waals surface area contributed by atoms with Crippen molar-refractivity contribution in [3.8, 4) is 11.5 Å². The van der Waals surface area contributed by atoms with E-state index in [1.165, 1.54) is 19.3 Å². The lowest BCUT2D eigenvalue weighted by Gasteiger charge is -2.20. The Morgan fingerprint density at radius 1 is 1.27 bits per heavy atom. The normalized spacial score (nSPS) is 14.0. The third-order valence-electron chi connectivity index (χ3n) is 3.43. The zero-order valence-corrected chi connectivity index (χ0v) is 13.8. The van der Waals surface area contributed by atoms with E-state index >= 15 is 0 Å². The Balaban J connectivity index is 1.85. The van der Waals surface area contributed by atoms with Crippen molar-refractivity contribution in [2.45, 2.75) is 39.2 Å². The van der Waals surface area contributed by atoms with Crippen molar-refractivity contribution < 1.29 is 9.47 Å². The minimum Gasteiger partial charge on any atom is -0.486 e. The maximum absolute atomic E-state index is 6.19. The minimum atomic E-state index is 0.461. The molecule has 0 bridgehead atoms. The SMILES string of the molecule is CCCCCCNC(N)=NCc1cc(Cl)c2c(c1)OCCO2. The molecule has 122 valence electrons. The van der Waals surface area contributed by atoms with Crippen molar-refractivity contribution in [2.24, 2.45) is 10.7 Å². The molecule has 0 fully saturated rings. The van der Waals surface area contributed by atoms with Gasteiger partial charge in [-0.25, -0.2) is 4.99 Å². The van der Waals surface area contributed by atoms with Gasteiger partial charge in [-0.1, -0.05) is 37.8 Å². The second kappa shape index (κ2) is 8.73. The topological polar surface area (TPSA) is 68.9 Å². The molecular weight excluding hydrogens is 302 g/mol. The van der Waals surface area contributed by atoms with Crippen LogP contribution < -0.4 is 20.5 Å². The maximum Gasteiger partial charge on any atom is 0.188 e. The quantitative estimate of drug-likeness (QED) is 0.459. The van der Waals surface area contributed by atoms with Gasteiger partial charge in [-0.3, -0.25) is 0 Å². The molecule has 5 nitrogen and oxygen atoms in total. The first kappa shape index (κ1) is 16.7. The van der Waals surface area contributed by atoms with Gasteiger partial charge < -0.3 is 20.5 Å². The third kappa shape index (κ3) is 4.98. The van der Waals surface area contributed by atoms with Crippen LogP contribution in [0.3, 0.4) is 0 Å².